The van der Waals surface area contributed by atoms with Crippen LogP contribution in [-0.2, 0) is 13.2 Å². The second kappa shape index (κ2) is 8.06. The van der Waals surface area contributed by atoms with E-state index in [9.17, 15) is 0 Å². The van der Waals surface area contributed by atoms with Crippen molar-refractivity contribution in [3.63, 3.8) is 0 Å². The first-order valence-electron chi connectivity index (χ1n) is 12.0. The Morgan fingerprint density at radius 3 is 2.41 bits per heavy atom. The lowest BCUT2D eigenvalue weighted by molar-refractivity contribution is -0.118. The number of methoxy groups -OCH3 is 1. The molecule has 0 saturated heterocycles. The van der Waals surface area contributed by atoms with E-state index in [1.807, 2.05) is 0 Å². The summed E-state index contributed by atoms with van der Waals surface area (Å²) in [6.45, 7) is 8.56. The lowest BCUT2D eigenvalue weighted by Crippen LogP contribution is -2.63. The summed E-state index contributed by atoms with van der Waals surface area (Å²) in [5.41, 5.74) is 4.96. The maximum absolute atomic E-state index is 6.13. The fourth-order valence-electron chi connectivity index (χ4n) is 7.88. The molecule has 0 heterocycles. The van der Waals surface area contributed by atoms with Crippen LogP contribution in [0.5, 0.6) is 11.5 Å². The first-order valence-corrected chi connectivity index (χ1v) is 12.8. The Kier molecular flexibility index (Phi) is 5.61. The van der Waals surface area contributed by atoms with Gasteiger partial charge in [-0.1, -0.05) is 59.6 Å². The summed E-state index contributed by atoms with van der Waals surface area (Å²) in [7, 11) is 1.72. The zero-order chi connectivity index (χ0) is 22.6. The molecule has 4 aliphatic carbocycles. The molecule has 0 aliphatic heterocycles. The highest BCUT2D eigenvalue weighted by atomic mass is 79.9. The molecular formula is C28H36BrNO2. The minimum Gasteiger partial charge on any atom is -0.493 e. The predicted octanol–water partition coefficient (Wildman–Crippen LogP) is 7.18. The molecule has 4 fully saturated rings. The van der Waals surface area contributed by atoms with E-state index in [4.69, 9.17) is 9.47 Å². The summed E-state index contributed by atoms with van der Waals surface area (Å²) in [5.74, 6) is 2.46. The minimum atomic E-state index is 0.288. The average molecular weight is 499 g/mol. The topological polar surface area (TPSA) is 30.5 Å². The van der Waals surface area contributed by atoms with Gasteiger partial charge in [-0.3, -0.25) is 0 Å². The van der Waals surface area contributed by atoms with Gasteiger partial charge in [0.25, 0.3) is 0 Å². The lowest BCUT2D eigenvalue weighted by atomic mass is 9.43. The molecule has 4 bridgehead atoms. The van der Waals surface area contributed by atoms with Crippen LogP contribution in [0.15, 0.2) is 40.9 Å². The molecule has 4 aliphatic rings. The summed E-state index contributed by atoms with van der Waals surface area (Å²) in [4.78, 5) is 0. The summed E-state index contributed by atoms with van der Waals surface area (Å²) >= 11 is 3.80. The zero-order valence-electron chi connectivity index (χ0n) is 19.9. The van der Waals surface area contributed by atoms with Crippen LogP contribution in [0.4, 0.5) is 0 Å². The van der Waals surface area contributed by atoms with Gasteiger partial charge in [0.1, 0.15) is 6.61 Å². The maximum Gasteiger partial charge on any atom is 0.162 e. The number of ether oxygens (including phenoxy) is 2. The maximum atomic E-state index is 6.13. The highest BCUT2D eigenvalue weighted by Gasteiger charge is 2.59. The SMILES string of the molecule is COc1cc(CNC23CC4CC(C)(CC(C)(C4)C2)C3)c(Br)cc1OCc1cccc(C)c1. The molecule has 1 N–H and O–H groups in total. The molecule has 2 aromatic carbocycles. The number of halogens is 1. The molecule has 2 atom stereocenters. The Labute approximate surface area is 201 Å². The molecule has 4 saturated carbocycles. The fourth-order valence-corrected chi connectivity index (χ4v) is 8.34. The van der Waals surface area contributed by atoms with E-state index < -0.39 is 0 Å². The number of hydrogen-bond acceptors (Lipinski definition) is 3. The third kappa shape index (κ3) is 4.33. The first kappa shape index (κ1) is 22.3. The summed E-state index contributed by atoms with van der Waals surface area (Å²) in [6, 6.07) is 12.6. The van der Waals surface area contributed by atoms with Gasteiger partial charge in [0.05, 0.1) is 7.11 Å². The van der Waals surface area contributed by atoms with Gasteiger partial charge in [-0.15, -0.1) is 0 Å². The highest BCUT2D eigenvalue weighted by Crippen LogP contribution is 2.66. The zero-order valence-corrected chi connectivity index (χ0v) is 21.5. The van der Waals surface area contributed by atoms with Crippen molar-refractivity contribution in [2.24, 2.45) is 16.7 Å². The predicted molar refractivity (Wildman–Crippen MR) is 133 cm³/mol. The molecule has 2 unspecified atom stereocenters. The smallest absolute Gasteiger partial charge is 0.162 e. The number of hydrogen-bond donors (Lipinski definition) is 1. The van der Waals surface area contributed by atoms with Crippen molar-refractivity contribution < 1.29 is 9.47 Å². The van der Waals surface area contributed by atoms with E-state index in [0.717, 1.165) is 34.0 Å². The molecule has 0 amide bonds. The van der Waals surface area contributed by atoms with Crippen LogP contribution in [0.1, 0.15) is 69.1 Å². The van der Waals surface area contributed by atoms with E-state index in [0.29, 0.717) is 17.4 Å². The Morgan fingerprint density at radius 2 is 1.75 bits per heavy atom. The normalized spacial score (nSPS) is 32.8. The second-order valence-corrected chi connectivity index (χ2v) is 12.5. The molecule has 0 radical (unpaired) electrons. The van der Waals surface area contributed by atoms with E-state index >= 15 is 0 Å². The van der Waals surface area contributed by atoms with Crippen LogP contribution < -0.4 is 14.8 Å². The van der Waals surface area contributed by atoms with Crippen molar-refractivity contribution in [3.05, 3.63) is 57.6 Å². The Balaban J connectivity index is 1.30. The van der Waals surface area contributed by atoms with Gasteiger partial charge in [-0.05, 0) is 85.5 Å². The van der Waals surface area contributed by atoms with Crippen molar-refractivity contribution in [3.8, 4) is 11.5 Å². The van der Waals surface area contributed by atoms with Gasteiger partial charge >= 0.3 is 0 Å². The van der Waals surface area contributed by atoms with Gasteiger partial charge < -0.3 is 14.8 Å². The van der Waals surface area contributed by atoms with E-state index in [1.54, 1.807) is 7.11 Å². The molecule has 2 aromatic rings. The van der Waals surface area contributed by atoms with Crippen molar-refractivity contribution >= 4 is 15.9 Å². The summed E-state index contributed by atoms with van der Waals surface area (Å²) < 4.78 is 12.9. The first-order chi connectivity index (χ1) is 15.2. The average Bonchev–Trinajstić information content (AvgIpc) is 2.69. The van der Waals surface area contributed by atoms with Crippen LogP contribution in [0, 0.1) is 23.7 Å². The number of nitrogens with one attached hydrogen (secondary N) is 1. The molecule has 0 spiro atoms. The molecule has 172 valence electrons. The molecule has 3 nitrogen and oxygen atoms in total. The summed E-state index contributed by atoms with van der Waals surface area (Å²) in [5, 5.41) is 4.04. The van der Waals surface area contributed by atoms with Crippen molar-refractivity contribution in [2.45, 2.75) is 78.0 Å². The monoisotopic (exact) mass is 497 g/mol. The summed E-state index contributed by atoms with van der Waals surface area (Å²) in [6.07, 6.45) is 8.24. The molecular weight excluding hydrogens is 462 g/mol. The van der Waals surface area contributed by atoms with Crippen molar-refractivity contribution in [1.82, 2.24) is 5.32 Å². The third-order valence-corrected chi connectivity index (χ3v) is 8.83. The van der Waals surface area contributed by atoms with Gasteiger partial charge in [0.15, 0.2) is 11.5 Å². The van der Waals surface area contributed by atoms with Gasteiger partial charge in [0, 0.05) is 16.6 Å². The van der Waals surface area contributed by atoms with Gasteiger partial charge in [-0.25, -0.2) is 0 Å². The van der Waals surface area contributed by atoms with Crippen molar-refractivity contribution in [1.29, 1.82) is 0 Å². The third-order valence-electron chi connectivity index (χ3n) is 8.09. The largest absolute Gasteiger partial charge is 0.493 e. The van der Waals surface area contributed by atoms with Crippen LogP contribution >= 0.6 is 15.9 Å². The molecule has 32 heavy (non-hydrogen) atoms. The van der Waals surface area contributed by atoms with Crippen LogP contribution in [0.3, 0.4) is 0 Å². The second-order valence-electron chi connectivity index (χ2n) is 11.6. The Hall–Kier alpha value is -1.52. The van der Waals surface area contributed by atoms with Crippen molar-refractivity contribution in [2.75, 3.05) is 7.11 Å². The molecule has 6 rings (SSSR count). The molecule has 0 aromatic heterocycles. The highest BCUT2D eigenvalue weighted by molar-refractivity contribution is 9.10. The number of aryl methyl sites for hydroxylation is 1. The Morgan fingerprint density at radius 1 is 1.00 bits per heavy atom. The van der Waals surface area contributed by atoms with E-state index in [1.165, 1.54) is 49.7 Å². The number of rotatable bonds is 7. The standard InChI is InChI=1S/C28H36BrNO2/c1-19-6-5-7-20(8-19)15-32-25-10-23(29)22(9-24(25)31-4)14-30-28-13-21-11-26(2,17-28)16-27(3,12-21)18-28/h5-10,21,30H,11-18H2,1-4H3. The van der Waals surface area contributed by atoms with E-state index in [2.05, 4.69) is 78.4 Å². The van der Waals surface area contributed by atoms with Gasteiger partial charge in [0.2, 0.25) is 0 Å². The van der Waals surface area contributed by atoms with Crippen LogP contribution in [-0.4, -0.2) is 12.6 Å². The van der Waals surface area contributed by atoms with Gasteiger partial charge in [-0.2, -0.15) is 0 Å². The van der Waals surface area contributed by atoms with Crippen LogP contribution in [0.25, 0.3) is 0 Å². The Bertz CT molecular complexity index is 1000. The quantitative estimate of drug-likeness (QED) is 0.439. The lowest BCUT2D eigenvalue weighted by Gasteiger charge is -2.65. The number of benzene rings is 2. The van der Waals surface area contributed by atoms with E-state index in [-0.39, 0.29) is 5.54 Å². The minimum absolute atomic E-state index is 0.288. The molecule has 4 heteroatoms. The van der Waals surface area contributed by atoms with Crippen LogP contribution in [0.2, 0.25) is 0 Å². The fraction of sp³-hybridized carbons (Fsp3) is 0.571.